The van der Waals surface area contributed by atoms with E-state index in [0.717, 1.165) is 24.6 Å². The van der Waals surface area contributed by atoms with Crippen molar-refractivity contribution in [3.8, 4) is 29.1 Å². The van der Waals surface area contributed by atoms with Gasteiger partial charge in [-0.15, -0.1) is 11.3 Å². The van der Waals surface area contributed by atoms with Gasteiger partial charge in [0.15, 0.2) is 11.2 Å². The Morgan fingerprint density at radius 2 is 1.78 bits per heavy atom. The van der Waals surface area contributed by atoms with Gasteiger partial charge in [0.1, 0.15) is 52.5 Å². The third-order valence-electron chi connectivity index (χ3n) is 10.00. The Hall–Kier alpha value is -5.09. The molecule has 0 radical (unpaired) electrons. The molecule has 4 aromatic rings. The highest BCUT2D eigenvalue weighted by Crippen LogP contribution is 2.47. The first-order valence-electron chi connectivity index (χ1n) is 18.7. The first kappa shape index (κ1) is 41.1. The Labute approximate surface area is 334 Å². The highest BCUT2D eigenvalue weighted by Gasteiger charge is 2.49. The van der Waals surface area contributed by atoms with Crippen LogP contribution in [0.5, 0.6) is 11.9 Å². The van der Waals surface area contributed by atoms with Gasteiger partial charge in [0.05, 0.1) is 22.3 Å². The topological polar surface area (TPSA) is 152 Å². The number of rotatable bonds is 7. The van der Waals surface area contributed by atoms with E-state index >= 15 is 17.6 Å². The number of pyridine rings is 1. The molecule has 3 saturated heterocycles. The molecule has 7 rings (SSSR count). The number of nitrogens with one attached hydrogen (secondary N) is 1. The summed E-state index contributed by atoms with van der Waals surface area (Å²) in [6.45, 7) is 11.3. The van der Waals surface area contributed by atoms with Crippen LogP contribution in [0, 0.1) is 17.1 Å². The van der Waals surface area contributed by atoms with Crippen molar-refractivity contribution in [3.63, 3.8) is 0 Å². The van der Waals surface area contributed by atoms with Crippen LogP contribution < -0.4 is 14.8 Å². The molecule has 2 amide bonds. The van der Waals surface area contributed by atoms with E-state index in [4.69, 9.17) is 18.9 Å². The molecule has 1 aromatic carbocycles. The summed E-state index contributed by atoms with van der Waals surface area (Å²) in [5, 5.41) is 12.4. The summed E-state index contributed by atoms with van der Waals surface area (Å²) in [5.41, 5.74) is -5.27. The molecule has 3 aliphatic rings. The number of carbonyl (C=O) groups is 2. The van der Waals surface area contributed by atoms with Crippen molar-refractivity contribution < 1.29 is 50.5 Å². The fraction of sp³-hybridized carbons (Fsp3) is 0.538. The SMILES string of the molecule is CC(C)(C)OC(=O)Nc1sc2c(F)ccc(-c3cc4nc(OC[C@@]56CCCN5C[C@H](F)C6)nc(O[C@@H]5CCN(C(=O)OC(C)(C)C)C5)c4nc3C(F)(F)F)c2c1C#N. The number of halogens is 5. The van der Waals surface area contributed by atoms with Gasteiger partial charge in [0.25, 0.3) is 0 Å². The number of hydrogen-bond donors (Lipinski definition) is 1. The molecule has 0 aliphatic carbocycles. The number of ether oxygens (including phenoxy) is 4. The normalized spacial score (nSPS) is 21.3. The molecule has 0 spiro atoms. The highest BCUT2D eigenvalue weighted by molar-refractivity contribution is 7.23. The van der Waals surface area contributed by atoms with Gasteiger partial charge >= 0.3 is 24.4 Å². The van der Waals surface area contributed by atoms with Crippen molar-refractivity contribution in [3.05, 3.63) is 35.3 Å². The Morgan fingerprint density at radius 1 is 1.03 bits per heavy atom. The van der Waals surface area contributed by atoms with Gasteiger partial charge in [-0.05, 0) is 78.6 Å². The Kier molecular flexibility index (Phi) is 10.6. The van der Waals surface area contributed by atoms with Crippen LogP contribution in [0.1, 0.15) is 78.5 Å². The number of nitriles is 1. The number of likely N-dealkylation sites (tertiary alicyclic amines) is 1. The van der Waals surface area contributed by atoms with Gasteiger partial charge in [0.2, 0.25) is 5.88 Å². The van der Waals surface area contributed by atoms with Crippen LogP contribution in [0.4, 0.5) is 36.5 Å². The second kappa shape index (κ2) is 14.9. The van der Waals surface area contributed by atoms with Crippen LogP contribution in [0.3, 0.4) is 0 Å². The molecular formula is C39H42F5N7O6S. The summed E-state index contributed by atoms with van der Waals surface area (Å²) in [7, 11) is 0. The Balaban J connectivity index is 1.34. The number of aromatic nitrogens is 3. The fourth-order valence-electron chi connectivity index (χ4n) is 7.69. The third kappa shape index (κ3) is 8.39. The molecule has 6 heterocycles. The number of thiophene rings is 1. The van der Waals surface area contributed by atoms with E-state index in [1.54, 1.807) is 41.5 Å². The van der Waals surface area contributed by atoms with E-state index in [2.05, 4.69) is 20.3 Å². The third-order valence-corrected chi connectivity index (χ3v) is 11.1. The Morgan fingerprint density at radius 3 is 2.47 bits per heavy atom. The monoisotopic (exact) mass is 831 g/mol. The maximum atomic E-state index is 15.4. The van der Waals surface area contributed by atoms with Gasteiger partial charge < -0.3 is 23.8 Å². The summed E-state index contributed by atoms with van der Waals surface area (Å²) in [5.74, 6) is -1.18. The van der Waals surface area contributed by atoms with E-state index < -0.39 is 64.5 Å². The zero-order chi connectivity index (χ0) is 41.9. The standard InChI is InChI=1S/C39H42F5N7O6S/c1-36(2,3)56-34(52)49-32-24(16-45)27-22(8-9-25(41)29(27)58-32)23-14-26-28(47-30(23)39(42,43)44)31(55-21-10-13-50(18-21)35(53)57-37(4,5)6)48-33(46-26)54-19-38-11-7-12-51(38)17-20(40)15-38/h8-9,14,20-21H,7,10-13,15,17-19H2,1-6H3,(H,49,52)/t20-,21-,38+/m1/s1. The quantitative estimate of drug-likeness (QED) is 0.178. The van der Waals surface area contributed by atoms with Gasteiger partial charge in [0, 0.05) is 36.9 Å². The van der Waals surface area contributed by atoms with E-state index in [0.29, 0.717) is 30.7 Å². The minimum Gasteiger partial charge on any atom is -0.471 e. The van der Waals surface area contributed by atoms with Crippen molar-refractivity contribution in [2.45, 2.75) is 102 Å². The average Bonchev–Trinajstić information content (AvgIpc) is 3.88. The Bertz CT molecular complexity index is 2320. The molecule has 19 heteroatoms. The van der Waals surface area contributed by atoms with Crippen LogP contribution in [0.15, 0.2) is 18.2 Å². The lowest BCUT2D eigenvalue weighted by Gasteiger charge is -2.30. The number of alkyl halides is 4. The summed E-state index contributed by atoms with van der Waals surface area (Å²) >= 11 is 0.664. The summed E-state index contributed by atoms with van der Waals surface area (Å²) in [4.78, 5) is 41.8. The van der Waals surface area contributed by atoms with E-state index in [1.165, 1.54) is 4.90 Å². The predicted octanol–water partition coefficient (Wildman–Crippen LogP) is 8.63. The number of carbonyl (C=O) groups excluding carboxylic acids is 2. The number of anilines is 1. The molecule has 3 atom stereocenters. The molecule has 3 aromatic heterocycles. The predicted molar refractivity (Wildman–Crippen MR) is 203 cm³/mol. The number of hydrogen-bond acceptors (Lipinski definition) is 12. The number of nitrogens with zero attached hydrogens (tertiary/aromatic N) is 6. The van der Waals surface area contributed by atoms with Gasteiger partial charge in [-0.25, -0.2) is 23.4 Å². The van der Waals surface area contributed by atoms with Crippen molar-refractivity contribution in [2.24, 2.45) is 0 Å². The lowest BCUT2D eigenvalue weighted by Crippen LogP contribution is -2.43. The summed E-state index contributed by atoms with van der Waals surface area (Å²) in [6.07, 6.45) is -6.38. The maximum Gasteiger partial charge on any atom is 0.433 e. The fourth-order valence-corrected chi connectivity index (χ4v) is 8.76. The molecule has 0 saturated carbocycles. The second-order valence-electron chi connectivity index (χ2n) is 16.7. The molecule has 0 bridgehead atoms. The van der Waals surface area contributed by atoms with Crippen molar-refractivity contribution in [2.75, 3.05) is 38.1 Å². The van der Waals surface area contributed by atoms with E-state index in [1.807, 2.05) is 11.0 Å². The first-order chi connectivity index (χ1) is 27.1. The van der Waals surface area contributed by atoms with Gasteiger partial charge in [-0.1, -0.05) is 6.07 Å². The van der Waals surface area contributed by atoms with Crippen molar-refractivity contribution in [1.29, 1.82) is 5.26 Å². The molecular weight excluding hydrogens is 790 g/mol. The number of benzene rings is 1. The molecule has 3 aliphatic heterocycles. The average molecular weight is 832 g/mol. The number of amides is 2. The zero-order valence-electron chi connectivity index (χ0n) is 32.7. The van der Waals surface area contributed by atoms with Crippen LogP contribution in [-0.2, 0) is 15.7 Å². The first-order valence-corrected chi connectivity index (χ1v) is 19.6. The van der Waals surface area contributed by atoms with Gasteiger partial charge in [-0.2, -0.15) is 28.4 Å². The molecule has 3 fully saturated rings. The van der Waals surface area contributed by atoms with E-state index in [9.17, 15) is 19.2 Å². The smallest absolute Gasteiger partial charge is 0.433 e. The lowest BCUT2D eigenvalue weighted by atomic mass is 9.95. The maximum absolute atomic E-state index is 15.4. The summed E-state index contributed by atoms with van der Waals surface area (Å²) < 4.78 is 98.3. The molecule has 13 nitrogen and oxygen atoms in total. The largest absolute Gasteiger partial charge is 0.471 e. The molecule has 58 heavy (non-hydrogen) atoms. The van der Waals surface area contributed by atoms with Gasteiger partial charge in [-0.3, -0.25) is 10.2 Å². The second-order valence-corrected chi connectivity index (χ2v) is 17.7. The lowest BCUT2D eigenvalue weighted by molar-refractivity contribution is -0.140. The molecule has 310 valence electrons. The molecule has 1 N–H and O–H groups in total. The van der Waals surface area contributed by atoms with Crippen LogP contribution in [-0.4, -0.2) is 98.7 Å². The summed E-state index contributed by atoms with van der Waals surface area (Å²) in [6, 6.07) is 4.79. The molecule has 0 unspecified atom stereocenters. The van der Waals surface area contributed by atoms with E-state index in [-0.39, 0.29) is 81.8 Å². The van der Waals surface area contributed by atoms with Crippen LogP contribution in [0.2, 0.25) is 0 Å². The van der Waals surface area contributed by atoms with Crippen LogP contribution in [0.25, 0.3) is 32.2 Å². The van der Waals surface area contributed by atoms with Crippen molar-refractivity contribution >= 4 is 49.6 Å². The van der Waals surface area contributed by atoms with Crippen molar-refractivity contribution in [1.82, 2.24) is 24.8 Å². The van der Waals surface area contributed by atoms with Crippen LogP contribution >= 0.6 is 11.3 Å². The number of fused-ring (bicyclic) bond motifs is 3. The minimum atomic E-state index is -5.10. The minimum absolute atomic E-state index is 0.00157. The highest BCUT2D eigenvalue weighted by atomic mass is 32.1. The zero-order valence-corrected chi connectivity index (χ0v) is 33.5.